The standard InChI is InChI=1S/4C28H22BN/c1-17-15-19-18-9-4-7-13-24(18)30-25-14-8-11-21-26(25)29(23(16-17)27(19)30)22-12-6-5-10-20(22)28(21,2)3;1-17-15-16-22-27-25(17)18-9-4-7-13-23(18)30(27)24-14-8-11-20-26(24)29(22)21-12-6-5-10-19(21)28(20,2)3;1-17-9-6-10-18-19-11-7-15-23-27(19)30(26(17)18)24-16-8-13-21-25(24)29(23)22-14-5-4-12-20(22)28(21,2)3;1-17-14-15-18-19-8-6-12-23-27(19)30(25(18)16-17)24-13-7-10-21-26(24)29(23)22-11-5-4-9-20(22)28(21,2)3/h4*4-16H,1-3H3. The van der Waals surface area contributed by atoms with E-state index >= 15 is 0 Å². The lowest BCUT2D eigenvalue weighted by Crippen LogP contribution is -2.63. The van der Waals surface area contributed by atoms with Crippen LogP contribution in [0.4, 0.5) is 0 Å². The third-order valence-corrected chi connectivity index (χ3v) is 30.2. The predicted octanol–water partition coefficient (Wildman–Crippen LogP) is 18.2. The molecule has 0 saturated carbocycles. The van der Waals surface area contributed by atoms with Crippen LogP contribution >= 0.6 is 0 Å². The van der Waals surface area contributed by atoms with Crippen molar-refractivity contribution in [1.29, 1.82) is 0 Å². The van der Waals surface area contributed by atoms with Crippen LogP contribution in [0.5, 0.6) is 0 Å². The van der Waals surface area contributed by atoms with E-state index in [4.69, 9.17) is 0 Å². The summed E-state index contributed by atoms with van der Waals surface area (Å²) in [6.07, 6.45) is 0. The highest BCUT2D eigenvalue weighted by Gasteiger charge is 2.50. The summed E-state index contributed by atoms with van der Waals surface area (Å²) in [5.41, 5.74) is 50.7. The Hall–Kier alpha value is -13.0. The highest BCUT2D eigenvalue weighted by Crippen LogP contribution is 2.47. The Balaban J connectivity index is 0.0000000886. The molecule has 8 aliphatic rings. The molecule has 8 aliphatic heterocycles. The van der Waals surface area contributed by atoms with Crippen molar-refractivity contribution in [2.24, 2.45) is 0 Å². The van der Waals surface area contributed by atoms with Gasteiger partial charge in [-0.1, -0.05) is 350 Å². The van der Waals surface area contributed by atoms with Gasteiger partial charge in [0.2, 0.25) is 26.9 Å². The van der Waals surface area contributed by atoms with E-state index < -0.39 is 0 Å². The molecule has 0 saturated heterocycles. The highest BCUT2D eigenvalue weighted by atomic mass is 15.0. The second-order valence-corrected chi connectivity index (χ2v) is 37.8. The molecule has 4 aromatic heterocycles. The first kappa shape index (κ1) is 70.0. The normalized spacial score (nSPS) is 15.4. The molecule has 0 aliphatic carbocycles. The number of nitrogens with zero attached hydrogens (tertiary/aromatic N) is 4. The average molecular weight is 1530 g/mol. The van der Waals surface area contributed by atoms with Crippen molar-refractivity contribution in [2.45, 2.75) is 105 Å². The zero-order valence-corrected chi connectivity index (χ0v) is 70.1. The van der Waals surface area contributed by atoms with Gasteiger partial charge in [-0.2, -0.15) is 0 Å². The Morgan fingerprint density at radius 2 is 0.533 bits per heavy atom. The van der Waals surface area contributed by atoms with Gasteiger partial charge in [-0.3, -0.25) is 0 Å². The number of hydrogen-bond acceptors (Lipinski definition) is 0. The van der Waals surface area contributed by atoms with E-state index in [-0.39, 0.29) is 21.7 Å². The highest BCUT2D eigenvalue weighted by molar-refractivity contribution is 7.01. The smallest absolute Gasteiger partial charge is 0.247 e. The van der Waals surface area contributed by atoms with Crippen molar-refractivity contribution in [2.75, 3.05) is 0 Å². The van der Waals surface area contributed by atoms with Crippen LogP contribution in [-0.2, 0) is 21.7 Å². The third kappa shape index (κ3) is 8.91. The fraction of sp³-hybridized carbons (Fsp3) is 0.143. The van der Waals surface area contributed by atoms with Gasteiger partial charge in [0.1, 0.15) is 0 Å². The lowest BCUT2D eigenvalue weighted by atomic mass is 9.30. The third-order valence-electron chi connectivity index (χ3n) is 30.2. The van der Waals surface area contributed by atoms with Crippen LogP contribution in [0.2, 0.25) is 0 Å². The van der Waals surface area contributed by atoms with Gasteiger partial charge < -0.3 is 18.3 Å². The molecule has 4 nitrogen and oxygen atoms in total. The van der Waals surface area contributed by atoms with Crippen LogP contribution < -0.4 is 65.6 Å². The summed E-state index contributed by atoms with van der Waals surface area (Å²) in [5.74, 6) is 0. The van der Waals surface area contributed by atoms with E-state index in [0.29, 0.717) is 26.9 Å². The zero-order valence-electron chi connectivity index (χ0n) is 70.1. The molecule has 0 unspecified atom stereocenters. The van der Waals surface area contributed by atoms with Crippen molar-refractivity contribution < 1.29 is 0 Å². The maximum absolute atomic E-state index is 2.55. The van der Waals surface area contributed by atoms with Crippen molar-refractivity contribution in [3.63, 3.8) is 0 Å². The molecule has 8 heteroatoms. The van der Waals surface area contributed by atoms with Crippen molar-refractivity contribution in [3.05, 3.63) is 382 Å². The molecular weight excluding hydrogens is 1440 g/mol. The second-order valence-electron chi connectivity index (χ2n) is 37.8. The first-order valence-electron chi connectivity index (χ1n) is 43.4. The molecule has 568 valence electrons. The van der Waals surface area contributed by atoms with Crippen molar-refractivity contribution >= 4 is 180 Å². The number of benzene rings is 16. The van der Waals surface area contributed by atoms with E-state index in [1.54, 1.807) is 0 Å². The minimum Gasteiger partial charge on any atom is -0.310 e. The maximum Gasteiger partial charge on any atom is 0.247 e. The van der Waals surface area contributed by atoms with Gasteiger partial charge in [0.25, 0.3) is 0 Å². The molecule has 0 spiro atoms. The van der Waals surface area contributed by atoms with Crippen LogP contribution in [-0.4, -0.2) is 45.1 Å². The van der Waals surface area contributed by atoms with Crippen LogP contribution in [0, 0.1) is 27.7 Å². The predicted molar refractivity (Wildman–Crippen MR) is 515 cm³/mol. The van der Waals surface area contributed by atoms with Crippen LogP contribution in [0.25, 0.3) is 110 Å². The van der Waals surface area contributed by atoms with Gasteiger partial charge in [0.05, 0.1) is 22.1 Å². The molecule has 16 aromatic carbocycles. The Labute approximate surface area is 702 Å². The molecule has 0 radical (unpaired) electrons. The molecular formula is C112H88B4N4. The molecule has 0 bridgehead atoms. The SMILES string of the molecule is Cc1cc2c3c(c1)c1ccccc1n3-c1cccc3c1B2c1ccccc1C3(C)C.Cc1ccc2c3c1c1ccccc1n3-c1cccc3c1B2c1ccccc1C3(C)C.Cc1ccc2c3cccc4c3n(c2c1)-c1cccc2c1B4c1ccccc1C2(C)C.Cc1cccc2c3cccc4c3n(c12)-c1cccc2c1B4c1ccccc1C2(C)C. The summed E-state index contributed by atoms with van der Waals surface area (Å²) >= 11 is 0. The first-order chi connectivity index (χ1) is 58.3. The zero-order chi connectivity index (χ0) is 80.8. The molecule has 12 heterocycles. The average Bonchev–Trinajstić information content (AvgIpc) is 1.47. The quantitative estimate of drug-likeness (QED) is 0.135. The van der Waals surface area contributed by atoms with Gasteiger partial charge in [0, 0.05) is 110 Å². The summed E-state index contributed by atoms with van der Waals surface area (Å²) in [4.78, 5) is 0. The molecule has 120 heavy (non-hydrogen) atoms. The number of aryl methyl sites for hydroxylation is 4. The van der Waals surface area contributed by atoms with E-state index in [1.807, 2.05) is 0 Å². The van der Waals surface area contributed by atoms with Gasteiger partial charge in [-0.05, 0) is 181 Å². The van der Waals surface area contributed by atoms with E-state index in [2.05, 4.69) is 417 Å². The van der Waals surface area contributed by atoms with Gasteiger partial charge in [-0.25, -0.2) is 0 Å². The van der Waals surface area contributed by atoms with E-state index in [9.17, 15) is 0 Å². The lowest BCUT2D eigenvalue weighted by Gasteiger charge is -2.41. The number of aromatic nitrogens is 4. The number of para-hydroxylation sites is 5. The summed E-state index contributed by atoms with van der Waals surface area (Å²) in [6.45, 7) is 29.1. The largest absolute Gasteiger partial charge is 0.310 e. The fourth-order valence-electron chi connectivity index (χ4n) is 25.1. The summed E-state index contributed by atoms with van der Waals surface area (Å²) in [5, 5.41) is 10.9. The van der Waals surface area contributed by atoms with Crippen molar-refractivity contribution in [3.8, 4) is 22.7 Å². The molecule has 28 rings (SSSR count). The Morgan fingerprint density at radius 3 is 1.03 bits per heavy atom. The van der Waals surface area contributed by atoms with Crippen LogP contribution in [0.1, 0.15) is 122 Å². The van der Waals surface area contributed by atoms with Crippen molar-refractivity contribution in [1.82, 2.24) is 18.3 Å². The van der Waals surface area contributed by atoms with E-state index in [0.717, 1.165) is 0 Å². The minimum absolute atomic E-state index is 0.0112. The van der Waals surface area contributed by atoms with Crippen LogP contribution in [0.3, 0.4) is 0 Å². The Kier molecular flexibility index (Phi) is 14.2. The van der Waals surface area contributed by atoms with Crippen LogP contribution in [0.15, 0.2) is 315 Å². The van der Waals surface area contributed by atoms with Gasteiger partial charge >= 0.3 is 0 Å². The lowest BCUT2D eigenvalue weighted by molar-refractivity contribution is 0.645. The molecule has 0 amide bonds. The molecule has 20 aromatic rings. The Morgan fingerprint density at radius 1 is 0.200 bits per heavy atom. The molecule has 0 fully saturated rings. The first-order valence-corrected chi connectivity index (χ1v) is 43.4. The second kappa shape index (κ2) is 24.4. The van der Waals surface area contributed by atoms with Gasteiger partial charge in [-0.15, -0.1) is 0 Å². The van der Waals surface area contributed by atoms with Gasteiger partial charge in [0.15, 0.2) is 0 Å². The number of hydrogen-bond donors (Lipinski definition) is 0. The van der Waals surface area contributed by atoms with E-state index in [1.165, 1.54) is 242 Å². The Bertz CT molecular complexity index is 7970. The monoisotopic (exact) mass is 1530 g/mol. The summed E-state index contributed by atoms with van der Waals surface area (Å²) in [7, 11) is 0. The number of fused-ring (bicyclic) bond motifs is 28. The number of rotatable bonds is 0. The molecule has 0 N–H and O–H groups in total. The topological polar surface area (TPSA) is 19.7 Å². The minimum atomic E-state index is -0.0121. The summed E-state index contributed by atoms with van der Waals surface area (Å²) < 4.78 is 10.1. The maximum atomic E-state index is 2.55. The fourth-order valence-corrected chi connectivity index (χ4v) is 25.1. The molecule has 0 atom stereocenters. The summed E-state index contributed by atoms with van der Waals surface area (Å²) in [6, 6.07) is 119.